The standard InChI is InChI=1S/C18H26O6/c19-15-11-14(18(20)21)12-16(13-15)22-8-6-4-2-1-3-5-7-17-23-9-10-24-17/h11-13,17,19H,1-10H2,(H,20,21). The van der Waals surface area contributed by atoms with Crippen molar-refractivity contribution in [2.75, 3.05) is 19.8 Å². The molecule has 0 bridgehead atoms. The number of aromatic hydroxyl groups is 1. The molecule has 6 heteroatoms. The van der Waals surface area contributed by atoms with Crippen LogP contribution in [0.2, 0.25) is 0 Å². The summed E-state index contributed by atoms with van der Waals surface area (Å²) in [6.45, 7) is 1.96. The predicted octanol–water partition coefficient (Wildman–Crippen LogP) is 3.57. The molecule has 1 heterocycles. The van der Waals surface area contributed by atoms with Gasteiger partial charge in [-0.1, -0.05) is 25.7 Å². The Labute approximate surface area is 142 Å². The third-order valence-electron chi connectivity index (χ3n) is 3.93. The summed E-state index contributed by atoms with van der Waals surface area (Å²) in [5.74, 6) is -0.784. The fourth-order valence-electron chi connectivity index (χ4n) is 2.67. The number of carbonyl (C=O) groups is 1. The lowest BCUT2D eigenvalue weighted by Crippen LogP contribution is -2.06. The summed E-state index contributed by atoms with van der Waals surface area (Å²) in [7, 11) is 0. The van der Waals surface area contributed by atoms with E-state index in [0.29, 0.717) is 12.4 Å². The van der Waals surface area contributed by atoms with E-state index in [1.807, 2.05) is 0 Å². The Hall–Kier alpha value is -1.79. The van der Waals surface area contributed by atoms with Crippen LogP contribution < -0.4 is 4.74 Å². The van der Waals surface area contributed by atoms with Gasteiger partial charge in [0.25, 0.3) is 0 Å². The van der Waals surface area contributed by atoms with E-state index in [4.69, 9.17) is 19.3 Å². The van der Waals surface area contributed by atoms with Crippen LogP contribution >= 0.6 is 0 Å². The molecule has 0 aliphatic carbocycles. The van der Waals surface area contributed by atoms with E-state index in [1.165, 1.54) is 31.0 Å². The van der Waals surface area contributed by atoms with Crippen molar-refractivity contribution in [1.82, 2.24) is 0 Å². The highest BCUT2D eigenvalue weighted by atomic mass is 16.7. The molecule has 134 valence electrons. The van der Waals surface area contributed by atoms with Crippen LogP contribution in [0, 0.1) is 0 Å². The van der Waals surface area contributed by atoms with Crippen molar-refractivity contribution in [2.45, 2.75) is 51.2 Å². The lowest BCUT2D eigenvalue weighted by atomic mass is 10.1. The minimum Gasteiger partial charge on any atom is -0.508 e. The zero-order chi connectivity index (χ0) is 17.2. The molecule has 2 N–H and O–H groups in total. The number of rotatable bonds is 11. The number of hydrogen-bond acceptors (Lipinski definition) is 5. The van der Waals surface area contributed by atoms with Crippen LogP contribution in [0.4, 0.5) is 0 Å². The number of hydrogen-bond donors (Lipinski definition) is 2. The quantitative estimate of drug-likeness (QED) is 0.600. The van der Waals surface area contributed by atoms with Gasteiger partial charge in [0.1, 0.15) is 11.5 Å². The van der Waals surface area contributed by atoms with Crippen LogP contribution in [0.5, 0.6) is 11.5 Å². The molecule has 0 amide bonds. The van der Waals surface area contributed by atoms with Gasteiger partial charge in [-0.2, -0.15) is 0 Å². The molecule has 0 aromatic heterocycles. The summed E-state index contributed by atoms with van der Waals surface area (Å²) in [4.78, 5) is 10.9. The molecule has 0 spiro atoms. The predicted molar refractivity (Wildman–Crippen MR) is 88.6 cm³/mol. The molecule has 6 nitrogen and oxygen atoms in total. The van der Waals surface area contributed by atoms with E-state index in [2.05, 4.69) is 0 Å². The fourth-order valence-corrected chi connectivity index (χ4v) is 2.67. The first-order valence-electron chi connectivity index (χ1n) is 8.58. The summed E-state index contributed by atoms with van der Waals surface area (Å²) in [6.07, 6.45) is 7.61. The van der Waals surface area contributed by atoms with Gasteiger partial charge in [-0.3, -0.25) is 0 Å². The second-order valence-corrected chi connectivity index (χ2v) is 5.95. The minimum atomic E-state index is -1.08. The molecule has 0 radical (unpaired) electrons. The third-order valence-corrected chi connectivity index (χ3v) is 3.93. The highest BCUT2D eigenvalue weighted by molar-refractivity contribution is 5.88. The van der Waals surface area contributed by atoms with Gasteiger partial charge in [0, 0.05) is 6.07 Å². The molecule has 0 saturated carbocycles. The number of phenols is 1. The van der Waals surface area contributed by atoms with Gasteiger partial charge in [0.2, 0.25) is 0 Å². The molecule has 1 aliphatic heterocycles. The molecule has 1 aromatic carbocycles. The van der Waals surface area contributed by atoms with Gasteiger partial charge in [-0.15, -0.1) is 0 Å². The maximum absolute atomic E-state index is 10.9. The maximum Gasteiger partial charge on any atom is 0.335 e. The van der Waals surface area contributed by atoms with Gasteiger partial charge >= 0.3 is 5.97 Å². The van der Waals surface area contributed by atoms with Crippen molar-refractivity contribution < 1.29 is 29.2 Å². The van der Waals surface area contributed by atoms with Crippen LogP contribution in [-0.2, 0) is 9.47 Å². The first-order chi connectivity index (χ1) is 11.6. The van der Waals surface area contributed by atoms with Gasteiger partial charge < -0.3 is 24.4 Å². The molecular weight excluding hydrogens is 312 g/mol. The van der Waals surface area contributed by atoms with Crippen molar-refractivity contribution in [1.29, 1.82) is 0 Å². The topological polar surface area (TPSA) is 85.2 Å². The van der Waals surface area contributed by atoms with Crippen molar-refractivity contribution in [2.24, 2.45) is 0 Å². The number of carboxylic acids is 1. The Morgan fingerprint density at radius 3 is 2.42 bits per heavy atom. The van der Waals surface area contributed by atoms with Crippen LogP contribution in [0.3, 0.4) is 0 Å². The van der Waals surface area contributed by atoms with Gasteiger partial charge in [-0.05, 0) is 31.4 Å². The molecule has 0 atom stereocenters. The van der Waals surface area contributed by atoms with E-state index in [0.717, 1.165) is 45.3 Å². The molecule has 0 unspecified atom stereocenters. The summed E-state index contributed by atoms with van der Waals surface area (Å²) in [6, 6.07) is 4.06. The molecular formula is C18H26O6. The van der Waals surface area contributed by atoms with Crippen LogP contribution in [0.15, 0.2) is 18.2 Å². The highest BCUT2D eigenvalue weighted by Gasteiger charge is 2.14. The molecule has 1 saturated heterocycles. The smallest absolute Gasteiger partial charge is 0.335 e. The number of benzene rings is 1. The Kier molecular flexibility index (Phi) is 7.85. The maximum atomic E-state index is 10.9. The molecule has 24 heavy (non-hydrogen) atoms. The van der Waals surface area contributed by atoms with E-state index in [1.54, 1.807) is 0 Å². The fraction of sp³-hybridized carbons (Fsp3) is 0.611. The Bertz CT molecular complexity index is 510. The van der Waals surface area contributed by atoms with Gasteiger partial charge in [0.05, 0.1) is 25.4 Å². The van der Waals surface area contributed by atoms with Crippen LogP contribution in [0.25, 0.3) is 0 Å². The Morgan fingerprint density at radius 2 is 1.71 bits per heavy atom. The van der Waals surface area contributed by atoms with Gasteiger partial charge in [-0.25, -0.2) is 4.79 Å². The minimum absolute atomic E-state index is 0.0105. The average Bonchev–Trinajstić information content (AvgIpc) is 3.06. The van der Waals surface area contributed by atoms with E-state index >= 15 is 0 Å². The second-order valence-electron chi connectivity index (χ2n) is 5.95. The van der Waals surface area contributed by atoms with Crippen molar-refractivity contribution >= 4 is 5.97 Å². The first kappa shape index (κ1) is 18.5. The monoisotopic (exact) mass is 338 g/mol. The lowest BCUT2D eigenvalue weighted by molar-refractivity contribution is -0.0480. The van der Waals surface area contributed by atoms with Crippen LogP contribution in [-0.4, -0.2) is 42.3 Å². The van der Waals surface area contributed by atoms with Gasteiger partial charge in [0.15, 0.2) is 6.29 Å². The largest absolute Gasteiger partial charge is 0.508 e. The molecule has 1 aliphatic rings. The summed E-state index contributed by atoms with van der Waals surface area (Å²) < 4.78 is 16.3. The summed E-state index contributed by atoms with van der Waals surface area (Å²) >= 11 is 0. The zero-order valence-electron chi connectivity index (χ0n) is 13.9. The number of phenolic OH excluding ortho intramolecular Hbond substituents is 1. The Morgan fingerprint density at radius 1 is 1.04 bits per heavy atom. The van der Waals surface area contributed by atoms with E-state index in [-0.39, 0.29) is 17.6 Å². The summed E-state index contributed by atoms with van der Waals surface area (Å²) in [5.41, 5.74) is 0.0280. The van der Waals surface area contributed by atoms with E-state index < -0.39 is 5.97 Å². The summed E-state index contributed by atoms with van der Waals surface area (Å²) in [5, 5.41) is 18.4. The van der Waals surface area contributed by atoms with Crippen molar-refractivity contribution in [3.05, 3.63) is 23.8 Å². The molecule has 1 aromatic rings. The van der Waals surface area contributed by atoms with Crippen molar-refractivity contribution in [3.63, 3.8) is 0 Å². The lowest BCUT2D eigenvalue weighted by Gasteiger charge is -2.09. The number of ether oxygens (including phenoxy) is 3. The third kappa shape index (κ3) is 6.76. The van der Waals surface area contributed by atoms with Crippen LogP contribution in [0.1, 0.15) is 55.3 Å². The normalized spacial score (nSPS) is 14.8. The first-order valence-corrected chi connectivity index (χ1v) is 8.58. The number of unbranched alkanes of at least 4 members (excludes halogenated alkanes) is 5. The zero-order valence-corrected chi connectivity index (χ0v) is 13.9. The average molecular weight is 338 g/mol. The molecule has 2 rings (SSSR count). The number of aromatic carboxylic acids is 1. The molecule has 1 fully saturated rings. The SMILES string of the molecule is O=C(O)c1cc(O)cc(OCCCCCCCCC2OCCO2)c1. The Balaban J connectivity index is 1.49. The van der Waals surface area contributed by atoms with Crippen molar-refractivity contribution in [3.8, 4) is 11.5 Å². The highest BCUT2D eigenvalue weighted by Crippen LogP contribution is 2.22. The second kappa shape index (κ2) is 10.2. The van der Waals surface area contributed by atoms with E-state index in [9.17, 15) is 9.90 Å². The number of carboxylic acid groups (broad SMARTS) is 1.